The van der Waals surface area contributed by atoms with Crippen LogP contribution >= 0.6 is 0 Å². The first kappa shape index (κ1) is 31.7. The third-order valence-electron chi connectivity index (χ3n) is 7.69. The molecule has 0 saturated heterocycles. The SMILES string of the molecule is CCOC(=O)CC(c1ccc(C)c(CN2C[C@@H](C)Oc3ccccc3S2(=O)=O)c1)c1cc(CCN(C)C)c(F)cc1C. The Morgan fingerprint density at radius 1 is 1.10 bits per heavy atom. The lowest BCUT2D eigenvalue weighted by atomic mass is 9.83. The Kier molecular flexibility index (Phi) is 10.1. The molecule has 1 aliphatic heterocycles. The van der Waals surface area contributed by atoms with E-state index >= 15 is 0 Å². The number of aryl methyl sites for hydroxylation is 2. The molecule has 3 aromatic rings. The van der Waals surface area contributed by atoms with Crippen molar-refractivity contribution in [3.8, 4) is 5.75 Å². The van der Waals surface area contributed by atoms with Gasteiger partial charge in [0.15, 0.2) is 0 Å². The van der Waals surface area contributed by atoms with Crippen LogP contribution < -0.4 is 4.74 Å². The predicted molar refractivity (Wildman–Crippen MR) is 162 cm³/mol. The molecular weight excluding hydrogens is 555 g/mol. The second-order valence-corrected chi connectivity index (χ2v) is 13.2. The van der Waals surface area contributed by atoms with E-state index in [2.05, 4.69) is 0 Å². The molecule has 1 heterocycles. The number of fused-ring (bicyclic) bond motifs is 1. The zero-order chi connectivity index (χ0) is 30.6. The van der Waals surface area contributed by atoms with Crippen molar-refractivity contribution in [1.29, 1.82) is 0 Å². The molecule has 0 aromatic heterocycles. The van der Waals surface area contributed by atoms with E-state index < -0.39 is 15.9 Å². The molecule has 226 valence electrons. The largest absolute Gasteiger partial charge is 0.488 e. The number of hydrogen-bond acceptors (Lipinski definition) is 6. The van der Waals surface area contributed by atoms with Crippen LogP contribution in [0.4, 0.5) is 4.39 Å². The van der Waals surface area contributed by atoms with Crippen LogP contribution in [0, 0.1) is 19.7 Å². The third-order valence-corrected chi connectivity index (χ3v) is 9.54. The summed E-state index contributed by atoms with van der Waals surface area (Å²) in [5, 5.41) is 0. The van der Waals surface area contributed by atoms with Crippen LogP contribution in [0.25, 0.3) is 0 Å². The number of sulfonamides is 1. The average Bonchev–Trinajstić information content (AvgIpc) is 3.01. The van der Waals surface area contributed by atoms with Crippen molar-refractivity contribution in [3.63, 3.8) is 0 Å². The molecule has 0 radical (unpaired) electrons. The Bertz CT molecular complexity index is 1540. The van der Waals surface area contributed by atoms with Gasteiger partial charge in [0.1, 0.15) is 22.6 Å². The minimum absolute atomic E-state index is 0.0796. The maximum absolute atomic E-state index is 15.0. The number of nitrogens with zero attached hydrogens (tertiary/aromatic N) is 2. The average molecular weight is 597 g/mol. The van der Waals surface area contributed by atoms with Gasteiger partial charge in [-0.25, -0.2) is 12.8 Å². The molecule has 1 aliphatic rings. The molecule has 0 aliphatic carbocycles. The van der Waals surface area contributed by atoms with Gasteiger partial charge in [-0.05, 0) is 99.8 Å². The van der Waals surface area contributed by atoms with Crippen molar-refractivity contribution in [2.45, 2.75) is 64.0 Å². The van der Waals surface area contributed by atoms with Gasteiger partial charge in [0.25, 0.3) is 0 Å². The fourth-order valence-corrected chi connectivity index (χ4v) is 7.01. The lowest BCUT2D eigenvalue weighted by Crippen LogP contribution is -2.35. The Morgan fingerprint density at radius 3 is 2.55 bits per heavy atom. The predicted octanol–water partition coefficient (Wildman–Crippen LogP) is 5.60. The number of rotatable bonds is 10. The van der Waals surface area contributed by atoms with E-state index in [0.717, 1.165) is 27.8 Å². The summed E-state index contributed by atoms with van der Waals surface area (Å²) in [4.78, 5) is 15.0. The maximum Gasteiger partial charge on any atom is 0.306 e. The molecule has 42 heavy (non-hydrogen) atoms. The Hall–Kier alpha value is -3.27. The van der Waals surface area contributed by atoms with Crippen molar-refractivity contribution in [2.24, 2.45) is 0 Å². The van der Waals surface area contributed by atoms with Gasteiger partial charge in [-0.15, -0.1) is 0 Å². The minimum atomic E-state index is -3.82. The van der Waals surface area contributed by atoms with Gasteiger partial charge >= 0.3 is 5.97 Å². The maximum atomic E-state index is 15.0. The van der Waals surface area contributed by atoms with Gasteiger partial charge < -0.3 is 14.4 Å². The van der Waals surface area contributed by atoms with Crippen molar-refractivity contribution in [2.75, 3.05) is 33.8 Å². The van der Waals surface area contributed by atoms with Gasteiger partial charge in [0.2, 0.25) is 10.0 Å². The molecule has 7 nitrogen and oxygen atoms in total. The highest BCUT2D eigenvalue weighted by molar-refractivity contribution is 7.89. The van der Waals surface area contributed by atoms with E-state index in [9.17, 15) is 17.6 Å². The second kappa shape index (κ2) is 13.4. The number of likely N-dealkylation sites (N-methyl/N-ethyl adjacent to an activating group) is 1. The highest BCUT2D eigenvalue weighted by Gasteiger charge is 2.33. The summed E-state index contributed by atoms with van der Waals surface area (Å²) >= 11 is 0. The second-order valence-electron chi connectivity index (χ2n) is 11.3. The van der Waals surface area contributed by atoms with Crippen molar-refractivity contribution >= 4 is 16.0 Å². The normalized spacial score (nSPS) is 17.3. The summed E-state index contributed by atoms with van der Waals surface area (Å²) in [7, 11) is 0.0689. The number of ether oxygens (including phenoxy) is 2. The number of carbonyl (C=O) groups excluding carboxylic acids is 1. The number of para-hydroxylation sites is 1. The molecular formula is C33H41FN2O5S. The van der Waals surface area contributed by atoms with Crippen LogP contribution in [0.3, 0.4) is 0 Å². The molecule has 0 spiro atoms. The van der Waals surface area contributed by atoms with Gasteiger partial charge in [-0.2, -0.15) is 4.31 Å². The van der Waals surface area contributed by atoms with Crippen LogP contribution in [0.2, 0.25) is 0 Å². The fourth-order valence-electron chi connectivity index (χ4n) is 5.40. The van der Waals surface area contributed by atoms with Crippen LogP contribution in [0.1, 0.15) is 59.6 Å². The number of benzene rings is 3. The van der Waals surface area contributed by atoms with Gasteiger partial charge in [0.05, 0.1) is 19.6 Å². The van der Waals surface area contributed by atoms with Gasteiger partial charge in [0, 0.05) is 19.0 Å². The van der Waals surface area contributed by atoms with Crippen LogP contribution in [-0.2, 0) is 32.5 Å². The minimum Gasteiger partial charge on any atom is -0.488 e. The molecule has 1 unspecified atom stereocenters. The lowest BCUT2D eigenvalue weighted by molar-refractivity contribution is -0.143. The monoisotopic (exact) mass is 596 g/mol. The molecule has 0 bridgehead atoms. The highest BCUT2D eigenvalue weighted by atomic mass is 32.2. The standard InChI is InChI=1S/C33H41FN2O5S/c1-7-40-33(37)19-29(28-18-26(14-15-35(5)6)30(34)16-23(28)3)25-13-12-22(2)27(17-25)21-36-20-24(4)41-31-10-8-9-11-32(31)42(36,38)39/h8-13,16-18,24,29H,7,14-15,19-21H2,1-6H3/t24-,29?/m1/s1. The Morgan fingerprint density at radius 2 is 1.83 bits per heavy atom. The Labute approximate surface area is 249 Å². The van der Waals surface area contributed by atoms with E-state index in [1.54, 1.807) is 31.2 Å². The lowest BCUT2D eigenvalue weighted by Gasteiger charge is -2.25. The summed E-state index contributed by atoms with van der Waals surface area (Å²) < 4.78 is 55.1. The Balaban J connectivity index is 1.76. The highest BCUT2D eigenvalue weighted by Crippen LogP contribution is 2.36. The van der Waals surface area contributed by atoms with E-state index in [-0.39, 0.29) is 48.9 Å². The molecule has 0 saturated carbocycles. The van der Waals surface area contributed by atoms with Crippen molar-refractivity contribution in [3.05, 3.63) is 93.8 Å². The van der Waals surface area contributed by atoms with E-state index in [1.807, 2.05) is 64.0 Å². The number of halogens is 1. The van der Waals surface area contributed by atoms with Crippen LogP contribution in [0.5, 0.6) is 5.75 Å². The smallest absolute Gasteiger partial charge is 0.306 e. The van der Waals surface area contributed by atoms with Crippen molar-refractivity contribution in [1.82, 2.24) is 9.21 Å². The van der Waals surface area contributed by atoms with Crippen LogP contribution in [0.15, 0.2) is 59.5 Å². The first-order valence-electron chi connectivity index (χ1n) is 14.3. The zero-order valence-corrected chi connectivity index (χ0v) is 26.1. The van der Waals surface area contributed by atoms with Gasteiger partial charge in [-0.3, -0.25) is 4.79 Å². The third kappa shape index (κ3) is 7.19. The summed E-state index contributed by atoms with van der Waals surface area (Å²) in [6, 6.07) is 16.0. The molecule has 9 heteroatoms. The zero-order valence-electron chi connectivity index (χ0n) is 25.3. The number of carbonyl (C=O) groups is 1. The molecule has 0 fully saturated rings. The molecule has 4 rings (SSSR count). The van der Waals surface area contributed by atoms with E-state index in [4.69, 9.17) is 9.47 Å². The number of esters is 1. The van der Waals surface area contributed by atoms with E-state index in [1.165, 1.54) is 10.4 Å². The van der Waals surface area contributed by atoms with Crippen LogP contribution in [-0.4, -0.2) is 63.5 Å². The first-order valence-corrected chi connectivity index (χ1v) is 15.8. The molecule has 2 atom stereocenters. The summed E-state index contributed by atoms with van der Waals surface area (Å²) in [6.45, 7) is 8.70. The van der Waals surface area contributed by atoms with E-state index in [0.29, 0.717) is 24.3 Å². The fraction of sp³-hybridized carbons (Fsp3) is 0.424. The molecule has 0 N–H and O–H groups in total. The topological polar surface area (TPSA) is 76.1 Å². The summed E-state index contributed by atoms with van der Waals surface area (Å²) in [5.74, 6) is -0.656. The molecule has 0 amide bonds. The number of hydrogen-bond donors (Lipinski definition) is 0. The molecule has 3 aromatic carbocycles. The van der Waals surface area contributed by atoms with Crippen molar-refractivity contribution < 1.29 is 27.1 Å². The first-order chi connectivity index (χ1) is 19.9. The van der Waals surface area contributed by atoms with Gasteiger partial charge in [-0.1, -0.05) is 36.4 Å². The summed E-state index contributed by atoms with van der Waals surface area (Å²) in [5.41, 5.74) is 4.78. The quantitative estimate of drug-likeness (QED) is 0.284. The summed E-state index contributed by atoms with van der Waals surface area (Å²) in [6.07, 6.45) is 0.271.